The molecule has 92 valence electrons. The van der Waals surface area contributed by atoms with Crippen molar-refractivity contribution in [1.29, 1.82) is 0 Å². The number of benzene rings is 1. The quantitative estimate of drug-likeness (QED) is 0.850. The minimum absolute atomic E-state index is 0.124. The summed E-state index contributed by atoms with van der Waals surface area (Å²) in [5.74, 6) is -0.417. The molecule has 1 aliphatic heterocycles. The summed E-state index contributed by atoms with van der Waals surface area (Å²) >= 11 is 0. The molecule has 2 N–H and O–H groups in total. The van der Waals surface area contributed by atoms with Gasteiger partial charge in [0.05, 0.1) is 6.54 Å². The van der Waals surface area contributed by atoms with Gasteiger partial charge in [-0.15, -0.1) is 0 Å². The molecule has 0 bridgehead atoms. The second-order valence-corrected chi connectivity index (χ2v) is 4.01. The van der Waals surface area contributed by atoms with Crippen LogP contribution in [-0.4, -0.2) is 17.6 Å². The molecule has 0 amide bonds. The first kappa shape index (κ1) is 10.7. The molecule has 0 saturated heterocycles. The van der Waals surface area contributed by atoms with Gasteiger partial charge in [-0.05, 0) is 5.56 Å². The van der Waals surface area contributed by atoms with Gasteiger partial charge in [0.1, 0.15) is 6.10 Å². The van der Waals surface area contributed by atoms with E-state index in [1.807, 2.05) is 30.3 Å². The van der Waals surface area contributed by atoms with Gasteiger partial charge in [-0.25, -0.2) is 4.79 Å². The van der Waals surface area contributed by atoms with Crippen molar-refractivity contribution in [3.8, 4) is 5.75 Å². The van der Waals surface area contributed by atoms with E-state index >= 15 is 0 Å². The number of carbonyl (C=O) groups is 1. The third-order valence-corrected chi connectivity index (χ3v) is 2.80. The highest BCUT2D eigenvalue weighted by molar-refractivity contribution is 5.86. The standard InChI is InChI=1S/C13H11NO4/c15-13(16)10-6-9-12(18-10)14-7-11(17-9)8-4-2-1-3-5-8/h1-6,11,14H,7H2,(H,15,16). The number of anilines is 1. The zero-order valence-corrected chi connectivity index (χ0v) is 9.42. The van der Waals surface area contributed by atoms with Crippen LogP contribution in [0.15, 0.2) is 40.8 Å². The average molecular weight is 245 g/mol. The minimum Gasteiger partial charge on any atom is -0.478 e. The average Bonchev–Trinajstić information content (AvgIpc) is 2.82. The van der Waals surface area contributed by atoms with Crippen molar-refractivity contribution in [2.24, 2.45) is 0 Å². The van der Waals surface area contributed by atoms with Gasteiger partial charge in [-0.3, -0.25) is 0 Å². The lowest BCUT2D eigenvalue weighted by atomic mass is 10.1. The van der Waals surface area contributed by atoms with Crippen molar-refractivity contribution in [2.45, 2.75) is 6.10 Å². The maximum absolute atomic E-state index is 10.8. The summed E-state index contributed by atoms with van der Waals surface area (Å²) in [7, 11) is 0. The number of ether oxygens (including phenoxy) is 1. The van der Waals surface area contributed by atoms with Gasteiger partial charge in [0, 0.05) is 6.07 Å². The lowest BCUT2D eigenvalue weighted by Crippen LogP contribution is -2.22. The van der Waals surface area contributed by atoms with E-state index in [0.29, 0.717) is 18.2 Å². The van der Waals surface area contributed by atoms with E-state index in [0.717, 1.165) is 5.56 Å². The second kappa shape index (κ2) is 4.10. The Morgan fingerprint density at radius 2 is 2.11 bits per heavy atom. The SMILES string of the molecule is O=C(O)c1cc2c(o1)NCC(c1ccccc1)O2. The van der Waals surface area contributed by atoms with Crippen molar-refractivity contribution in [1.82, 2.24) is 0 Å². The van der Waals surface area contributed by atoms with Crippen LogP contribution in [0.3, 0.4) is 0 Å². The van der Waals surface area contributed by atoms with Crippen molar-refractivity contribution in [3.63, 3.8) is 0 Å². The zero-order valence-electron chi connectivity index (χ0n) is 9.42. The lowest BCUT2D eigenvalue weighted by Gasteiger charge is -2.24. The summed E-state index contributed by atoms with van der Waals surface area (Å²) in [5, 5.41) is 11.9. The van der Waals surface area contributed by atoms with Gasteiger partial charge in [-0.1, -0.05) is 30.3 Å². The lowest BCUT2D eigenvalue weighted by molar-refractivity contribution is 0.0663. The Morgan fingerprint density at radius 1 is 1.33 bits per heavy atom. The van der Waals surface area contributed by atoms with E-state index in [4.69, 9.17) is 14.3 Å². The number of fused-ring (bicyclic) bond motifs is 1. The summed E-state index contributed by atoms with van der Waals surface area (Å²) in [6, 6.07) is 11.1. The van der Waals surface area contributed by atoms with E-state index in [1.54, 1.807) is 0 Å². The van der Waals surface area contributed by atoms with Crippen LogP contribution in [0.25, 0.3) is 0 Å². The molecule has 1 aliphatic rings. The molecule has 5 nitrogen and oxygen atoms in total. The Hall–Kier alpha value is -2.43. The van der Waals surface area contributed by atoms with Crippen LogP contribution in [0.2, 0.25) is 0 Å². The smallest absolute Gasteiger partial charge is 0.372 e. The molecule has 2 heterocycles. The number of hydrogen-bond donors (Lipinski definition) is 2. The predicted molar refractivity (Wildman–Crippen MR) is 64.0 cm³/mol. The van der Waals surface area contributed by atoms with Crippen LogP contribution in [0, 0.1) is 0 Å². The Balaban J connectivity index is 1.87. The normalized spacial score (nSPS) is 17.4. The Labute approximate surface area is 103 Å². The van der Waals surface area contributed by atoms with Gasteiger partial charge < -0.3 is 19.6 Å². The van der Waals surface area contributed by atoms with Gasteiger partial charge in [-0.2, -0.15) is 0 Å². The van der Waals surface area contributed by atoms with Crippen LogP contribution in [0.4, 0.5) is 5.88 Å². The first-order valence-corrected chi connectivity index (χ1v) is 5.56. The summed E-state index contributed by atoms with van der Waals surface area (Å²) in [5.41, 5.74) is 1.04. The molecule has 0 aliphatic carbocycles. The summed E-state index contributed by atoms with van der Waals surface area (Å²) in [6.45, 7) is 0.545. The first-order valence-electron chi connectivity index (χ1n) is 5.56. The van der Waals surface area contributed by atoms with E-state index in [2.05, 4.69) is 5.32 Å². The fraction of sp³-hybridized carbons (Fsp3) is 0.154. The highest BCUT2D eigenvalue weighted by atomic mass is 16.5. The number of carboxylic acids is 1. The molecule has 1 aromatic carbocycles. The van der Waals surface area contributed by atoms with Gasteiger partial charge in [0.2, 0.25) is 11.6 Å². The second-order valence-electron chi connectivity index (χ2n) is 4.01. The molecule has 1 aromatic heterocycles. The van der Waals surface area contributed by atoms with Gasteiger partial charge in [0.25, 0.3) is 0 Å². The van der Waals surface area contributed by atoms with Crippen molar-refractivity contribution in [3.05, 3.63) is 47.7 Å². The Bertz CT molecular complexity index is 576. The Morgan fingerprint density at radius 3 is 2.83 bits per heavy atom. The molecule has 2 aromatic rings. The summed E-state index contributed by atoms with van der Waals surface area (Å²) in [6.07, 6.45) is -0.141. The fourth-order valence-electron chi connectivity index (χ4n) is 1.92. The molecule has 1 unspecified atom stereocenters. The number of furan rings is 1. The van der Waals surface area contributed by atoms with Crippen LogP contribution in [-0.2, 0) is 0 Å². The van der Waals surface area contributed by atoms with Crippen LogP contribution in [0.5, 0.6) is 5.75 Å². The molecule has 5 heteroatoms. The van der Waals surface area contributed by atoms with Crippen molar-refractivity contribution in [2.75, 3.05) is 11.9 Å². The highest BCUT2D eigenvalue weighted by Gasteiger charge is 2.26. The first-order chi connectivity index (χ1) is 8.74. The molecule has 0 fully saturated rings. The van der Waals surface area contributed by atoms with E-state index in [1.165, 1.54) is 6.07 Å². The predicted octanol–water partition coefficient (Wildman–Crippen LogP) is 2.52. The molecular formula is C13H11NO4. The van der Waals surface area contributed by atoms with Crippen molar-refractivity contribution >= 4 is 11.9 Å². The number of carboxylic acid groups (broad SMARTS) is 1. The highest BCUT2D eigenvalue weighted by Crippen LogP contribution is 2.36. The molecular weight excluding hydrogens is 234 g/mol. The topological polar surface area (TPSA) is 71.7 Å². The fourth-order valence-corrected chi connectivity index (χ4v) is 1.92. The third-order valence-electron chi connectivity index (χ3n) is 2.80. The molecule has 0 saturated carbocycles. The molecule has 1 atom stereocenters. The van der Waals surface area contributed by atoms with E-state index < -0.39 is 5.97 Å². The van der Waals surface area contributed by atoms with E-state index in [-0.39, 0.29) is 11.9 Å². The van der Waals surface area contributed by atoms with Crippen molar-refractivity contribution < 1.29 is 19.1 Å². The van der Waals surface area contributed by atoms with Gasteiger partial charge >= 0.3 is 5.97 Å². The largest absolute Gasteiger partial charge is 0.478 e. The maximum Gasteiger partial charge on any atom is 0.372 e. The maximum atomic E-state index is 10.8. The number of aromatic carboxylic acids is 1. The number of hydrogen-bond acceptors (Lipinski definition) is 4. The summed E-state index contributed by atoms with van der Waals surface area (Å²) < 4.78 is 10.8. The minimum atomic E-state index is -1.11. The molecule has 0 radical (unpaired) electrons. The third kappa shape index (κ3) is 1.79. The van der Waals surface area contributed by atoms with Crippen LogP contribution in [0.1, 0.15) is 22.2 Å². The monoisotopic (exact) mass is 245 g/mol. The van der Waals surface area contributed by atoms with Gasteiger partial charge in [0.15, 0.2) is 5.75 Å². The Kier molecular flexibility index (Phi) is 2.44. The zero-order chi connectivity index (χ0) is 12.5. The molecule has 3 rings (SSSR count). The van der Waals surface area contributed by atoms with Crippen LogP contribution >= 0.6 is 0 Å². The van der Waals surface area contributed by atoms with E-state index in [9.17, 15) is 4.79 Å². The molecule has 18 heavy (non-hydrogen) atoms. The number of rotatable bonds is 2. The number of nitrogens with one attached hydrogen (secondary N) is 1. The van der Waals surface area contributed by atoms with Crippen LogP contribution < -0.4 is 10.1 Å². The summed E-state index contributed by atoms with van der Waals surface area (Å²) in [4.78, 5) is 10.8. The molecule has 0 spiro atoms.